The minimum absolute atomic E-state index is 0.0165. The Morgan fingerprint density at radius 2 is 1.56 bits per heavy atom. The van der Waals surface area contributed by atoms with Crippen LogP contribution in [0.4, 0.5) is 5.13 Å². The van der Waals surface area contributed by atoms with Crippen LogP contribution >= 0.6 is 11.3 Å². The summed E-state index contributed by atoms with van der Waals surface area (Å²) in [6.07, 6.45) is 0.276. The number of fused-ring (bicyclic) bond motifs is 2. The summed E-state index contributed by atoms with van der Waals surface area (Å²) in [6, 6.07) is 27.9. The number of benzene rings is 4. The predicted molar refractivity (Wildman–Crippen MR) is 138 cm³/mol. The number of amides is 1. The summed E-state index contributed by atoms with van der Waals surface area (Å²) in [5.74, 6) is 1.34. The maximum Gasteiger partial charge on any atom is 0.233 e. The average molecular weight is 469 g/mol. The zero-order valence-electron chi connectivity index (χ0n) is 19.0. The van der Waals surface area contributed by atoms with Gasteiger partial charge in [0.25, 0.3) is 0 Å². The van der Waals surface area contributed by atoms with E-state index in [9.17, 15) is 4.79 Å². The summed E-state index contributed by atoms with van der Waals surface area (Å²) in [5, 5.41) is 2.83. The molecule has 6 heteroatoms. The van der Waals surface area contributed by atoms with Crippen LogP contribution in [0.2, 0.25) is 0 Å². The van der Waals surface area contributed by atoms with Gasteiger partial charge < -0.3 is 9.47 Å². The molecular weight excluding hydrogens is 444 g/mol. The second kappa shape index (κ2) is 9.53. The molecule has 0 saturated carbocycles. The predicted octanol–water partition coefficient (Wildman–Crippen LogP) is 6.24. The molecule has 5 rings (SSSR count). The molecule has 0 aliphatic heterocycles. The van der Waals surface area contributed by atoms with Crippen molar-refractivity contribution in [3.05, 3.63) is 96.1 Å². The Hall–Kier alpha value is -3.90. The van der Waals surface area contributed by atoms with Crippen LogP contribution in [0.25, 0.3) is 21.0 Å². The Kier molecular flexibility index (Phi) is 6.14. The van der Waals surface area contributed by atoms with Crippen LogP contribution in [0.1, 0.15) is 11.1 Å². The third-order valence-electron chi connectivity index (χ3n) is 5.84. The maximum absolute atomic E-state index is 13.8. The number of thiazole rings is 1. The highest BCUT2D eigenvalue weighted by Gasteiger charge is 2.23. The molecule has 0 aliphatic carbocycles. The van der Waals surface area contributed by atoms with Crippen molar-refractivity contribution in [3.8, 4) is 11.5 Å². The van der Waals surface area contributed by atoms with E-state index in [4.69, 9.17) is 14.5 Å². The summed E-state index contributed by atoms with van der Waals surface area (Å²) in [6.45, 7) is 0.425. The van der Waals surface area contributed by atoms with Gasteiger partial charge in [-0.1, -0.05) is 84.1 Å². The van der Waals surface area contributed by atoms with Gasteiger partial charge in [0.1, 0.15) is 21.7 Å². The molecule has 4 aromatic carbocycles. The number of carbonyl (C=O) groups is 1. The normalized spacial score (nSPS) is 11.0. The molecule has 5 aromatic rings. The summed E-state index contributed by atoms with van der Waals surface area (Å²) >= 11 is 1.44. The van der Waals surface area contributed by atoms with Crippen LogP contribution in [0.3, 0.4) is 0 Å². The molecule has 0 unspecified atom stereocenters. The van der Waals surface area contributed by atoms with Gasteiger partial charge in [-0.05, 0) is 34.0 Å². The van der Waals surface area contributed by atoms with Gasteiger partial charge in [0, 0.05) is 0 Å². The van der Waals surface area contributed by atoms with E-state index in [0.29, 0.717) is 28.7 Å². The van der Waals surface area contributed by atoms with Gasteiger partial charge in [-0.15, -0.1) is 0 Å². The van der Waals surface area contributed by atoms with E-state index in [-0.39, 0.29) is 12.3 Å². The van der Waals surface area contributed by atoms with E-state index in [0.717, 1.165) is 26.6 Å². The number of aromatic nitrogens is 1. The Morgan fingerprint density at radius 3 is 2.35 bits per heavy atom. The number of anilines is 1. The van der Waals surface area contributed by atoms with Crippen LogP contribution in [0, 0.1) is 0 Å². The van der Waals surface area contributed by atoms with Crippen molar-refractivity contribution in [3.63, 3.8) is 0 Å². The number of nitrogens with zero attached hydrogens (tertiary/aromatic N) is 2. The van der Waals surface area contributed by atoms with E-state index in [1.807, 2.05) is 66.7 Å². The lowest BCUT2D eigenvalue weighted by Crippen LogP contribution is -2.31. The van der Waals surface area contributed by atoms with E-state index in [1.165, 1.54) is 11.3 Å². The first-order chi connectivity index (χ1) is 16.7. The number of methoxy groups -OCH3 is 2. The third kappa shape index (κ3) is 4.20. The number of rotatable bonds is 7. The molecular formula is C28H24N2O3S. The molecule has 1 aromatic heterocycles. The minimum atomic E-state index is -0.0165. The van der Waals surface area contributed by atoms with Crippen molar-refractivity contribution >= 4 is 43.4 Å². The zero-order chi connectivity index (χ0) is 23.5. The van der Waals surface area contributed by atoms with Gasteiger partial charge in [0.2, 0.25) is 5.91 Å². The highest BCUT2D eigenvalue weighted by atomic mass is 32.1. The molecule has 1 heterocycles. The van der Waals surface area contributed by atoms with Gasteiger partial charge in [-0.3, -0.25) is 9.69 Å². The molecule has 0 radical (unpaired) electrons. The van der Waals surface area contributed by atoms with Crippen molar-refractivity contribution in [2.45, 2.75) is 13.0 Å². The van der Waals surface area contributed by atoms with Crippen molar-refractivity contribution in [1.29, 1.82) is 0 Å². The van der Waals surface area contributed by atoms with Gasteiger partial charge in [-0.25, -0.2) is 4.98 Å². The van der Waals surface area contributed by atoms with Crippen LogP contribution in [-0.4, -0.2) is 25.1 Å². The van der Waals surface area contributed by atoms with Crippen molar-refractivity contribution in [1.82, 2.24) is 4.98 Å². The Morgan fingerprint density at radius 1 is 0.853 bits per heavy atom. The van der Waals surface area contributed by atoms with E-state index >= 15 is 0 Å². The standard InChI is InChI=1S/C28H24N2O3S/c1-32-23-15-16-24(33-2)27-26(23)29-28(34-27)30(18-19-9-4-3-5-10-19)25(31)17-21-13-8-12-20-11-6-7-14-22(20)21/h3-16H,17-18H2,1-2H3. The van der Waals surface area contributed by atoms with Crippen LogP contribution < -0.4 is 14.4 Å². The average Bonchev–Trinajstić information content (AvgIpc) is 3.32. The zero-order valence-corrected chi connectivity index (χ0v) is 19.8. The van der Waals surface area contributed by atoms with E-state index < -0.39 is 0 Å². The number of hydrogen-bond acceptors (Lipinski definition) is 5. The lowest BCUT2D eigenvalue weighted by molar-refractivity contribution is -0.118. The highest BCUT2D eigenvalue weighted by molar-refractivity contribution is 7.22. The first-order valence-electron chi connectivity index (χ1n) is 11.0. The topological polar surface area (TPSA) is 51.7 Å². The molecule has 34 heavy (non-hydrogen) atoms. The van der Waals surface area contributed by atoms with E-state index in [1.54, 1.807) is 19.1 Å². The molecule has 5 nitrogen and oxygen atoms in total. The molecule has 170 valence electrons. The molecule has 1 amide bonds. The van der Waals surface area contributed by atoms with Crippen LogP contribution in [-0.2, 0) is 17.8 Å². The number of hydrogen-bond donors (Lipinski definition) is 0. The monoisotopic (exact) mass is 468 g/mol. The van der Waals surface area contributed by atoms with Gasteiger partial charge in [0.05, 0.1) is 27.2 Å². The van der Waals surface area contributed by atoms with Gasteiger partial charge in [-0.2, -0.15) is 0 Å². The molecule has 0 N–H and O–H groups in total. The molecule has 0 spiro atoms. The largest absolute Gasteiger partial charge is 0.495 e. The molecule has 0 fully saturated rings. The molecule has 0 saturated heterocycles. The highest BCUT2D eigenvalue weighted by Crippen LogP contribution is 2.40. The SMILES string of the molecule is COc1ccc(OC)c2sc(N(Cc3ccccc3)C(=O)Cc3cccc4ccccc34)nc12. The quantitative estimate of drug-likeness (QED) is 0.284. The third-order valence-corrected chi connectivity index (χ3v) is 6.93. The summed E-state index contributed by atoms with van der Waals surface area (Å²) in [5.41, 5.74) is 2.72. The maximum atomic E-state index is 13.8. The number of carbonyl (C=O) groups excluding carboxylic acids is 1. The van der Waals surface area contributed by atoms with Crippen molar-refractivity contribution in [2.75, 3.05) is 19.1 Å². The van der Waals surface area contributed by atoms with E-state index in [2.05, 4.69) is 18.2 Å². The Bertz CT molecular complexity index is 1420. The fourth-order valence-corrected chi connectivity index (χ4v) is 5.21. The fourth-order valence-electron chi connectivity index (χ4n) is 4.12. The minimum Gasteiger partial charge on any atom is -0.495 e. The van der Waals surface area contributed by atoms with Gasteiger partial charge in [0.15, 0.2) is 5.13 Å². The van der Waals surface area contributed by atoms with Gasteiger partial charge >= 0.3 is 0 Å². The first kappa shape index (κ1) is 21.9. The van der Waals surface area contributed by atoms with Crippen LogP contribution in [0.5, 0.6) is 11.5 Å². The van der Waals surface area contributed by atoms with Crippen LogP contribution in [0.15, 0.2) is 84.9 Å². The summed E-state index contributed by atoms with van der Waals surface area (Å²) in [7, 11) is 3.25. The first-order valence-corrected chi connectivity index (χ1v) is 11.8. The number of ether oxygens (including phenoxy) is 2. The van der Waals surface area contributed by atoms with Crippen molar-refractivity contribution in [2.24, 2.45) is 0 Å². The Balaban J connectivity index is 1.57. The van der Waals surface area contributed by atoms with Crippen molar-refractivity contribution < 1.29 is 14.3 Å². The Labute approximate surface area is 202 Å². The lowest BCUT2D eigenvalue weighted by atomic mass is 10.0. The summed E-state index contributed by atoms with van der Waals surface area (Å²) in [4.78, 5) is 20.4. The second-order valence-electron chi connectivity index (χ2n) is 7.92. The fraction of sp³-hybridized carbons (Fsp3) is 0.143. The molecule has 0 atom stereocenters. The molecule has 0 aliphatic rings. The second-order valence-corrected chi connectivity index (χ2v) is 8.90. The lowest BCUT2D eigenvalue weighted by Gasteiger charge is -2.20. The smallest absolute Gasteiger partial charge is 0.233 e. The summed E-state index contributed by atoms with van der Waals surface area (Å²) < 4.78 is 11.9. The molecule has 0 bridgehead atoms.